The van der Waals surface area contributed by atoms with Crippen LogP contribution in [-0.2, 0) is 0 Å². The smallest absolute Gasteiger partial charge is 0.137 e. The Hall–Kier alpha value is -1.03. The number of para-hydroxylation sites is 1. The average molecular weight is 314 g/mol. The summed E-state index contributed by atoms with van der Waals surface area (Å²) in [6, 6.07) is 12.9. The Morgan fingerprint density at radius 1 is 1.11 bits per heavy atom. The first-order valence-corrected chi connectivity index (χ1v) is 7.46. The standard InChI is InChI=1S/C14H13Cl2NOS/c15-10-5-6-14(12(17)9-10)19-8-7-18-13-4-2-1-3-11(13)16/h1-6,9H,7-8,17H2. The number of nitrogens with two attached hydrogens (primary N) is 1. The van der Waals surface area contributed by atoms with E-state index in [1.54, 1.807) is 23.9 Å². The van der Waals surface area contributed by atoms with E-state index in [0.29, 0.717) is 28.1 Å². The summed E-state index contributed by atoms with van der Waals surface area (Å²) >= 11 is 13.5. The first kappa shape index (κ1) is 14.4. The maximum Gasteiger partial charge on any atom is 0.137 e. The molecule has 5 heteroatoms. The zero-order valence-corrected chi connectivity index (χ0v) is 12.4. The molecule has 19 heavy (non-hydrogen) atoms. The molecule has 0 spiro atoms. The summed E-state index contributed by atoms with van der Waals surface area (Å²) in [5.41, 5.74) is 6.56. The summed E-state index contributed by atoms with van der Waals surface area (Å²) in [4.78, 5) is 1.01. The summed E-state index contributed by atoms with van der Waals surface area (Å²) in [6.07, 6.45) is 0. The molecular weight excluding hydrogens is 301 g/mol. The lowest BCUT2D eigenvalue weighted by Gasteiger charge is -2.08. The number of ether oxygens (including phenoxy) is 1. The molecule has 2 N–H and O–H groups in total. The van der Waals surface area contributed by atoms with Crippen LogP contribution in [0.4, 0.5) is 5.69 Å². The Morgan fingerprint density at radius 3 is 2.63 bits per heavy atom. The molecule has 0 amide bonds. The van der Waals surface area contributed by atoms with E-state index in [-0.39, 0.29) is 0 Å². The molecule has 0 fully saturated rings. The topological polar surface area (TPSA) is 35.2 Å². The van der Waals surface area contributed by atoms with Crippen LogP contribution in [0.25, 0.3) is 0 Å². The monoisotopic (exact) mass is 313 g/mol. The fraction of sp³-hybridized carbons (Fsp3) is 0.143. The number of hydrogen-bond acceptors (Lipinski definition) is 3. The summed E-state index contributed by atoms with van der Waals surface area (Å²) in [5, 5.41) is 1.27. The van der Waals surface area contributed by atoms with E-state index in [0.717, 1.165) is 10.6 Å². The Balaban J connectivity index is 1.83. The van der Waals surface area contributed by atoms with Crippen LogP contribution in [0.2, 0.25) is 10.0 Å². The molecule has 0 aromatic heterocycles. The van der Waals surface area contributed by atoms with Crippen molar-refractivity contribution in [2.75, 3.05) is 18.1 Å². The zero-order chi connectivity index (χ0) is 13.7. The van der Waals surface area contributed by atoms with E-state index in [1.807, 2.05) is 30.3 Å². The van der Waals surface area contributed by atoms with Crippen molar-refractivity contribution < 1.29 is 4.74 Å². The van der Waals surface area contributed by atoms with Crippen LogP contribution in [0, 0.1) is 0 Å². The van der Waals surface area contributed by atoms with Crippen molar-refractivity contribution >= 4 is 40.7 Å². The predicted molar refractivity (Wildman–Crippen MR) is 83.5 cm³/mol. The molecule has 0 aliphatic heterocycles. The number of thioether (sulfide) groups is 1. The van der Waals surface area contributed by atoms with Gasteiger partial charge in [-0.3, -0.25) is 0 Å². The van der Waals surface area contributed by atoms with Gasteiger partial charge in [0.2, 0.25) is 0 Å². The number of hydrogen-bond donors (Lipinski definition) is 1. The second-order valence-electron chi connectivity index (χ2n) is 3.81. The van der Waals surface area contributed by atoms with Gasteiger partial charge in [-0.1, -0.05) is 35.3 Å². The molecule has 0 heterocycles. The lowest BCUT2D eigenvalue weighted by atomic mass is 10.3. The van der Waals surface area contributed by atoms with Gasteiger partial charge in [0.05, 0.1) is 11.6 Å². The number of nitrogen functional groups attached to an aromatic ring is 1. The van der Waals surface area contributed by atoms with Crippen molar-refractivity contribution in [3.63, 3.8) is 0 Å². The summed E-state index contributed by atoms with van der Waals surface area (Å²) in [5.74, 6) is 1.49. The van der Waals surface area contributed by atoms with Crippen molar-refractivity contribution in [3.8, 4) is 5.75 Å². The predicted octanol–water partition coefficient (Wildman–Crippen LogP) is 4.75. The van der Waals surface area contributed by atoms with Gasteiger partial charge in [-0.2, -0.15) is 0 Å². The van der Waals surface area contributed by atoms with Crippen molar-refractivity contribution in [1.29, 1.82) is 0 Å². The Morgan fingerprint density at radius 2 is 1.89 bits per heavy atom. The van der Waals surface area contributed by atoms with Crippen molar-refractivity contribution in [2.45, 2.75) is 4.90 Å². The number of benzene rings is 2. The van der Waals surface area contributed by atoms with Gasteiger partial charge >= 0.3 is 0 Å². The average Bonchev–Trinajstić information content (AvgIpc) is 2.38. The van der Waals surface area contributed by atoms with Gasteiger partial charge < -0.3 is 10.5 Å². The largest absolute Gasteiger partial charge is 0.491 e. The highest BCUT2D eigenvalue weighted by atomic mass is 35.5. The van der Waals surface area contributed by atoms with Crippen LogP contribution >= 0.6 is 35.0 Å². The van der Waals surface area contributed by atoms with Crippen LogP contribution in [-0.4, -0.2) is 12.4 Å². The van der Waals surface area contributed by atoms with Gasteiger partial charge in [-0.15, -0.1) is 11.8 Å². The second-order valence-corrected chi connectivity index (χ2v) is 5.79. The first-order valence-electron chi connectivity index (χ1n) is 5.72. The van der Waals surface area contributed by atoms with E-state index < -0.39 is 0 Å². The van der Waals surface area contributed by atoms with Crippen LogP contribution in [0.5, 0.6) is 5.75 Å². The lowest BCUT2D eigenvalue weighted by molar-refractivity contribution is 0.344. The van der Waals surface area contributed by atoms with Crippen LogP contribution in [0.1, 0.15) is 0 Å². The highest BCUT2D eigenvalue weighted by Gasteiger charge is 2.02. The normalized spacial score (nSPS) is 10.4. The molecule has 2 aromatic rings. The van der Waals surface area contributed by atoms with Crippen LogP contribution in [0.15, 0.2) is 47.4 Å². The van der Waals surface area contributed by atoms with Crippen molar-refractivity contribution in [1.82, 2.24) is 0 Å². The molecule has 0 radical (unpaired) electrons. The van der Waals surface area contributed by atoms with E-state index in [2.05, 4.69) is 0 Å². The molecule has 0 atom stereocenters. The van der Waals surface area contributed by atoms with Crippen LogP contribution in [0.3, 0.4) is 0 Å². The summed E-state index contributed by atoms with van der Waals surface area (Å²) in [7, 11) is 0. The molecule has 0 saturated heterocycles. The van der Waals surface area contributed by atoms with Gasteiger partial charge in [-0.05, 0) is 30.3 Å². The molecule has 2 nitrogen and oxygen atoms in total. The third-order valence-corrected chi connectivity index (χ3v) is 4.01. The Kier molecular flexibility index (Phi) is 5.25. The summed E-state index contributed by atoms with van der Waals surface area (Å²) < 4.78 is 5.60. The number of anilines is 1. The highest BCUT2D eigenvalue weighted by Crippen LogP contribution is 2.28. The first-order chi connectivity index (χ1) is 9.16. The van der Waals surface area contributed by atoms with Gasteiger partial charge in [0.25, 0.3) is 0 Å². The molecule has 0 aliphatic carbocycles. The van der Waals surface area contributed by atoms with Crippen molar-refractivity contribution in [2.24, 2.45) is 0 Å². The van der Waals surface area contributed by atoms with E-state index in [9.17, 15) is 0 Å². The SMILES string of the molecule is Nc1cc(Cl)ccc1SCCOc1ccccc1Cl. The minimum absolute atomic E-state index is 0.566. The third kappa shape index (κ3) is 4.23. The zero-order valence-electron chi connectivity index (χ0n) is 10.1. The molecule has 0 aliphatic rings. The van der Waals surface area contributed by atoms with Crippen molar-refractivity contribution in [3.05, 3.63) is 52.5 Å². The molecule has 0 bridgehead atoms. The van der Waals surface area contributed by atoms with Gasteiger partial charge in [0.1, 0.15) is 5.75 Å². The Labute approximate surface area is 126 Å². The molecular formula is C14H13Cl2NOS. The molecule has 100 valence electrons. The van der Waals surface area contributed by atoms with E-state index >= 15 is 0 Å². The van der Waals surface area contributed by atoms with E-state index in [1.165, 1.54) is 0 Å². The maximum absolute atomic E-state index is 6.00. The molecule has 2 rings (SSSR count). The second kappa shape index (κ2) is 6.94. The van der Waals surface area contributed by atoms with Gasteiger partial charge in [0, 0.05) is 21.4 Å². The minimum Gasteiger partial charge on any atom is -0.491 e. The quantitative estimate of drug-likeness (QED) is 0.491. The van der Waals surface area contributed by atoms with E-state index in [4.69, 9.17) is 33.7 Å². The molecule has 2 aromatic carbocycles. The molecule has 0 saturated carbocycles. The van der Waals surface area contributed by atoms with Crippen LogP contribution < -0.4 is 10.5 Å². The van der Waals surface area contributed by atoms with Gasteiger partial charge in [0.15, 0.2) is 0 Å². The number of rotatable bonds is 5. The maximum atomic E-state index is 6.00. The fourth-order valence-corrected chi connectivity index (χ4v) is 2.66. The minimum atomic E-state index is 0.566. The Bertz CT molecular complexity index is 563. The van der Waals surface area contributed by atoms with Gasteiger partial charge in [-0.25, -0.2) is 0 Å². The number of halogens is 2. The summed E-state index contributed by atoms with van der Waals surface area (Å²) in [6.45, 7) is 0.566. The third-order valence-electron chi connectivity index (χ3n) is 2.41. The fourth-order valence-electron chi connectivity index (χ4n) is 1.52. The highest BCUT2D eigenvalue weighted by molar-refractivity contribution is 7.99. The lowest BCUT2D eigenvalue weighted by Crippen LogP contribution is -2.01. The molecule has 0 unspecified atom stereocenters.